The molecule has 0 saturated heterocycles. The summed E-state index contributed by atoms with van der Waals surface area (Å²) in [5.41, 5.74) is 6.91. The van der Waals surface area contributed by atoms with Crippen LogP contribution in [0.2, 0.25) is 0 Å². The Bertz CT molecular complexity index is 1920. The number of nitrogens with zero attached hydrogens (tertiary/aromatic N) is 2. The second kappa shape index (κ2) is 11.4. The first-order chi connectivity index (χ1) is 22.7. The number of benzene rings is 4. The van der Waals surface area contributed by atoms with Crippen LogP contribution in [-0.2, 0) is 20.4 Å². The van der Waals surface area contributed by atoms with Crippen molar-refractivity contribution in [3.05, 3.63) is 106 Å². The van der Waals surface area contributed by atoms with E-state index >= 15 is 0 Å². The number of fused-ring (bicyclic) bond motifs is 4. The third-order valence-corrected chi connectivity index (χ3v) is 10.4. The molecular weight excluding hydrogens is 592 g/mol. The van der Waals surface area contributed by atoms with Crippen LogP contribution in [0.15, 0.2) is 72.8 Å². The minimum absolute atomic E-state index is 0.114. The predicted octanol–water partition coefficient (Wildman–Crippen LogP) is 6.83. The summed E-state index contributed by atoms with van der Waals surface area (Å²) < 4.78 is 22.5. The molecule has 0 aromatic heterocycles. The lowest BCUT2D eigenvalue weighted by molar-refractivity contribution is -0.122. The number of hydrogen-bond donors (Lipinski definition) is 0. The molecule has 0 aliphatic carbocycles. The first kappa shape index (κ1) is 30.7. The first-order valence-corrected chi connectivity index (χ1v) is 16.3. The molecule has 4 heterocycles. The number of hydrogen-bond acceptors (Lipinski definition) is 6. The Morgan fingerprint density at radius 3 is 1.40 bits per heavy atom. The average Bonchev–Trinajstić information content (AvgIpc) is 3.71. The van der Waals surface area contributed by atoms with Crippen molar-refractivity contribution < 1.29 is 28.5 Å². The minimum Gasteiger partial charge on any atom is -0.486 e. The van der Waals surface area contributed by atoms with Gasteiger partial charge in [-0.15, -0.1) is 0 Å². The fourth-order valence-corrected chi connectivity index (χ4v) is 8.01. The minimum atomic E-state index is -0.661. The number of anilines is 2. The van der Waals surface area contributed by atoms with Crippen LogP contribution in [0.1, 0.15) is 60.1 Å². The van der Waals surface area contributed by atoms with Gasteiger partial charge in [-0.1, -0.05) is 50.2 Å². The molecule has 8 heteroatoms. The summed E-state index contributed by atoms with van der Waals surface area (Å²) in [5, 5.41) is 0. The highest BCUT2D eigenvalue weighted by Crippen LogP contribution is 2.52. The molecule has 0 unspecified atom stereocenters. The van der Waals surface area contributed by atoms with E-state index in [2.05, 4.69) is 26.0 Å². The highest BCUT2D eigenvalue weighted by molar-refractivity contribution is 6.11. The normalized spacial score (nSPS) is 21.7. The van der Waals surface area contributed by atoms with E-state index in [9.17, 15) is 9.59 Å². The van der Waals surface area contributed by atoms with E-state index in [-0.39, 0.29) is 18.6 Å². The second-order valence-corrected chi connectivity index (χ2v) is 12.6. The number of para-hydroxylation sites is 2. The molecule has 0 fully saturated rings. The summed E-state index contributed by atoms with van der Waals surface area (Å²) in [6, 6.07) is 24.0. The van der Waals surface area contributed by atoms with Crippen molar-refractivity contribution in [2.75, 3.05) is 43.9 Å². The first-order valence-electron chi connectivity index (χ1n) is 16.3. The van der Waals surface area contributed by atoms with Gasteiger partial charge < -0.3 is 28.7 Å². The molecule has 2 atom stereocenters. The van der Waals surface area contributed by atoms with Crippen LogP contribution in [0, 0.1) is 13.8 Å². The zero-order valence-corrected chi connectivity index (χ0v) is 27.8. The molecule has 8 nitrogen and oxygen atoms in total. The summed E-state index contributed by atoms with van der Waals surface area (Å²) in [6.45, 7) is 9.56. The maximum absolute atomic E-state index is 13.3. The van der Waals surface area contributed by atoms with Crippen molar-refractivity contribution in [3.8, 4) is 23.0 Å². The van der Waals surface area contributed by atoms with Crippen LogP contribution in [0.4, 0.5) is 11.4 Å². The van der Waals surface area contributed by atoms with Gasteiger partial charge in [-0.2, -0.15) is 0 Å². The third kappa shape index (κ3) is 4.34. The van der Waals surface area contributed by atoms with Crippen LogP contribution < -0.4 is 28.7 Å². The smallest absolute Gasteiger partial charge is 0.241 e. The number of carbonyl (C=O) groups is 2. The Labute approximate surface area is 275 Å². The fourth-order valence-electron chi connectivity index (χ4n) is 8.01. The summed E-state index contributed by atoms with van der Waals surface area (Å²) in [4.78, 5) is 30.1. The molecule has 8 rings (SSSR count). The van der Waals surface area contributed by atoms with Crippen LogP contribution in [0.3, 0.4) is 0 Å². The highest BCUT2D eigenvalue weighted by atomic mass is 16.7. The SMILES string of the molecule is CC[C@]1(c2cc3c(cc2C)OCCO3)C(=O)N(C)c2ccccc21.CC[C@]1(c2cc3c(cc2C)OCO3)C(=O)N(C)c2ccccc21. The van der Waals surface area contributed by atoms with Gasteiger partial charge in [-0.05, 0) is 96.5 Å². The van der Waals surface area contributed by atoms with E-state index in [1.807, 2.05) is 88.6 Å². The molecule has 0 radical (unpaired) electrons. The molecule has 0 spiro atoms. The van der Waals surface area contributed by atoms with Crippen LogP contribution in [-0.4, -0.2) is 45.9 Å². The molecular formula is C39H40N2O6. The van der Waals surface area contributed by atoms with E-state index in [1.54, 1.807) is 9.80 Å². The fraction of sp³-hybridized carbons (Fsp3) is 0.333. The summed E-state index contributed by atoms with van der Waals surface area (Å²) in [6.07, 6.45) is 1.40. The molecule has 0 N–H and O–H groups in total. The lowest BCUT2D eigenvalue weighted by atomic mass is 9.71. The van der Waals surface area contributed by atoms with E-state index in [4.69, 9.17) is 18.9 Å². The van der Waals surface area contributed by atoms with Crippen molar-refractivity contribution in [2.24, 2.45) is 0 Å². The molecule has 0 saturated carbocycles. The monoisotopic (exact) mass is 632 g/mol. The van der Waals surface area contributed by atoms with Gasteiger partial charge in [0.1, 0.15) is 24.0 Å². The number of likely N-dealkylation sites (N-methyl/N-ethyl adjacent to an activating group) is 2. The summed E-state index contributed by atoms with van der Waals surface area (Å²) >= 11 is 0. The average molecular weight is 633 g/mol. The Kier molecular flexibility index (Phi) is 7.42. The summed E-state index contributed by atoms with van der Waals surface area (Å²) in [7, 11) is 3.70. The zero-order chi connectivity index (χ0) is 33.1. The maximum atomic E-state index is 13.3. The zero-order valence-electron chi connectivity index (χ0n) is 27.8. The molecule has 0 bridgehead atoms. The molecule has 4 aliphatic rings. The molecule has 47 heavy (non-hydrogen) atoms. The molecule has 2 amide bonds. The molecule has 4 aliphatic heterocycles. The maximum Gasteiger partial charge on any atom is 0.241 e. The van der Waals surface area contributed by atoms with Crippen molar-refractivity contribution >= 4 is 23.2 Å². The van der Waals surface area contributed by atoms with Gasteiger partial charge in [0.05, 0.1) is 0 Å². The lowest BCUT2D eigenvalue weighted by Gasteiger charge is -2.31. The quantitative estimate of drug-likeness (QED) is 0.245. The number of carbonyl (C=O) groups excluding carboxylic acids is 2. The van der Waals surface area contributed by atoms with E-state index < -0.39 is 10.8 Å². The highest BCUT2D eigenvalue weighted by Gasteiger charge is 2.52. The van der Waals surface area contributed by atoms with E-state index in [0.29, 0.717) is 26.1 Å². The van der Waals surface area contributed by atoms with Crippen molar-refractivity contribution in [3.63, 3.8) is 0 Å². The second-order valence-electron chi connectivity index (χ2n) is 12.6. The van der Waals surface area contributed by atoms with Crippen LogP contribution >= 0.6 is 0 Å². The topological polar surface area (TPSA) is 77.5 Å². The molecule has 4 aromatic rings. The Hall–Kier alpha value is -4.98. The van der Waals surface area contributed by atoms with Gasteiger partial charge in [0.2, 0.25) is 18.6 Å². The van der Waals surface area contributed by atoms with Crippen LogP contribution in [0.25, 0.3) is 0 Å². The summed E-state index contributed by atoms with van der Waals surface area (Å²) in [5.74, 6) is 3.20. The number of ether oxygens (including phenoxy) is 4. The van der Waals surface area contributed by atoms with Crippen LogP contribution in [0.5, 0.6) is 23.0 Å². The third-order valence-electron chi connectivity index (χ3n) is 10.4. The van der Waals surface area contributed by atoms with Gasteiger partial charge in [0, 0.05) is 25.5 Å². The van der Waals surface area contributed by atoms with Gasteiger partial charge >= 0.3 is 0 Å². The number of aryl methyl sites for hydroxylation is 2. The number of rotatable bonds is 4. The van der Waals surface area contributed by atoms with E-state index in [0.717, 1.165) is 67.8 Å². The Morgan fingerprint density at radius 2 is 0.957 bits per heavy atom. The van der Waals surface area contributed by atoms with Crippen molar-refractivity contribution in [2.45, 2.75) is 51.4 Å². The molecule has 4 aromatic carbocycles. The number of amides is 2. The standard InChI is InChI=1S/C20H21NO3.C19H19NO3/c1-4-20(14-7-5-6-8-16(14)21(3)19(20)22)15-12-18-17(11-13(15)2)23-9-10-24-18;1-4-19(13-7-5-6-8-15(13)20(3)18(19)21)14-10-17-16(9-12(14)2)22-11-23-17/h5-8,11-12H,4,9-10H2,1-3H3;5-10H,4,11H2,1-3H3/t20-;19-/m00/s1. The van der Waals surface area contributed by atoms with Gasteiger partial charge in [-0.25, -0.2) is 0 Å². The van der Waals surface area contributed by atoms with Gasteiger partial charge in [0.25, 0.3) is 0 Å². The molecule has 242 valence electrons. The van der Waals surface area contributed by atoms with E-state index in [1.165, 1.54) is 0 Å². The van der Waals surface area contributed by atoms with Gasteiger partial charge in [-0.3, -0.25) is 9.59 Å². The van der Waals surface area contributed by atoms with Gasteiger partial charge in [0.15, 0.2) is 23.0 Å². The van der Waals surface area contributed by atoms with Crippen molar-refractivity contribution in [1.82, 2.24) is 0 Å². The van der Waals surface area contributed by atoms with Crippen molar-refractivity contribution in [1.29, 1.82) is 0 Å². The predicted molar refractivity (Wildman–Crippen MR) is 181 cm³/mol. The Morgan fingerprint density at radius 1 is 0.574 bits per heavy atom. The largest absolute Gasteiger partial charge is 0.486 e. The Balaban J connectivity index is 0.000000150. The lowest BCUT2D eigenvalue weighted by Crippen LogP contribution is -2.39.